The number of rotatable bonds is 6. The molecule has 0 amide bonds. The van der Waals surface area contributed by atoms with Crippen LogP contribution >= 0.6 is 0 Å². The van der Waals surface area contributed by atoms with Gasteiger partial charge in [0, 0.05) is 26.1 Å². The number of nitrogens with one attached hydrogen (secondary N) is 1. The zero-order valence-corrected chi connectivity index (χ0v) is 12.9. The highest BCUT2D eigenvalue weighted by atomic mass is 16.5. The normalized spacial score (nSPS) is 26.9. The van der Waals surface area contributed by atoms with E-state index in [0.717, 1.165) is 70.1 Å². The maximum Gasteiger partial charge on any atom is 0.244 e. The summed E-state index contributed by atoms with van der Waals surface area (Å²) in [5, 5.41) is 7.49. The lowest BCUT2D eigenvalue weighted by Gasteiger charge is -2.34. The molecule has 0 spiro atoms. The van der Waals surface area contributed by atoms with Crippen molar-refractivity contribution in [1.29, 1.82) is 0 Å². The minimum absolute atomic E-state index is 0.470. The van der Waals surface area contributed by atoms with Crippen molar-refractivity contribution in [3.05, 3.63) is 5.82 Å². The first-order valence-corrected chi connectivity index (χ1v) is 8.26. The molecule has 3 rings (SSSR count). The zero-order valence-electron chi connectivity index (χ0n) is 12.9. The number of hydrogen-bond acceptors (Lipinski definition) is 5. The summed E-state index contributed by atoms with van der Waals surface area (Å²) in [7, 11) is 0. The average Bonchev–Trinajstić information content (AvgIpc) is 2.94. The first-order chi connectivity index (χ1) is 10.3. The minimum atomic E-state index is 0.470. The largest absolute Gasteiger partial charge is 0.378 e. The zero-order chi connectivity index (χ0) is 14.7. The third-order valence-corrected chi connectivity index (χ3v) is 4.83. The van der Waals surface area contributed by atoms with E-state index < -0.39 is 0 Å². The van der Waals surface area contributed by atoms with Gasteiger partial charge in [-0.2, -0.15) is 4.98 Å². The Bertz CT molecular complexity index is 435. The molecule has 0 bridgehead atoms. The Morgan fingerprint density at radius 2 is 2.05 bits per heavy atom. The predicted octanol–water partition coefficient (Wildman–Crippen LogP) is 1.34. The number of nitrogens with two attached hydrogens (primary N) is 1. The van der Waals surface area contributed by atoms with Gasteiger partial charge in [0.15, 0.2) is 0 Å². The molecule has 2 heterocycles. The summed E-state index contributed by atoms with van der Waals surface area (Å²) in [6.07, 6.45) is 6.09. The molecule has 2 aliphatic rings. The molecule has 0 radical (unpaired) electrons. The molecule has 6 nitrogen and oxygen atoms in total. The second-order valence-corrected chi connectivity index (χ2v) is 6.37. The molecule has 0 unspecified atom stereocenters. The highest BCUT2D eigenvalue weighted by molar-refractivity contribution is 5.29. The lowest BCUT2D eigenvalue weighted by Crippen LogP contribution is -2.36. The number of nitrogens with zero attached hydrogens (tertiary/aromatic N) is 3. The topological polar surface area (TPSA) is 80.1 Å². The molecule has 1 aromatic rings. The van der Waals surface area contributed by atoms with E-state index in [1.807, 2.05) is 0 Å². The van der Waals surface area contributed by atoms with Crippen LogP contribution in [0.25, 0.3) is 0 Å². The SMILES string of the molecule is CCOC1CC(Cc2nc(N3CCC(CN)CC3)n[nH]2)C1. The van der Waals surface area contributed by atoms with Crippen LogP contribution in [0.4, 0.5) is 5.95 Å². The van der Waals surface area contributed by atoms with Crippen LogP contribution in [-0.2, 0) is 11.2 Å². The van der Waals surface area contributed by atoms with Gasteiger partial charge in [-0.3, -0.25) is 5.10 Å². The molecular formula is C15H27N5O. The fourth-order valence-corrected chi connectivity index (χ4v) is 3.37. The average molecular weight is 293 g/mol. The molecule has 2 fully saturated rings. The third kappa shape index (κ3) is 3.55. The van der Waals surface area contributed by atoms with Gasteiger partial charge in [0.2, 0.25) is 5.95 Å². The smallest absolute Gasteiger partial charge is 0.244 e. The molecule has 0 aromatic carbocycles. The van der Waals surface area contributed by atoms with Crippen molar-refractivity contribution in [1.82, 2.24) is 15.2 Å². The van der Waals surface area contributed by atoms with Crippen LogP contribution in [0.1, 0.15) is 38.4 Å². The van der Waals surface area contributed by atoms with Crippen LogP contribution in [0.3, 0.4) is 0 Å². The summed E-state index contributed by atoms with van der Waals surface area (Å²) >= 11 is 0. The van der Waals surface area contributed by atoms with Gasteiger partial charge in [-0.15, -0.1) is 5.10 Å². The van der Waals surface area contributed by atoms with Gasteiger partial charge in [-0.05, 0) is 51.0 Å². The highest BCUT2D eigenvalue weighted by Crippen LogP contribution is 2.32. The summed E-state index contributed by atoms with van der Waals surface area (Å²) in [4.78, 5) is 6.94. The minimum Gasteiger partial charge on any atom is -0.378 e. The van der Waals surface area contributed by atoms with E-state index in [4.69, 9.17) is 10.5 Å². The quantitative estimate of drug-likeness (QED) is 0.827. The molecule has 6 heteroatoms. The Hall–Kier alpha value is -1.14. The Morgan fingerprint density at radius 3 is 2.71 bits per heavy atom. The van der Waals surface area contributed by atoms with Crippen molar-refractivity contribution in [3.8, 4) is 0 Å². The first-order valence-electron chi connectivity index (χ1n) is 8.26. The summed E-state index contributed by atoms with van der Waals surface area (Å²) in [5.41, 5.74) is 5.73. The Morgan fingerprint density at radius 1 is 1.29 bits per heavy atom. The number of hydrogen-bond donors (Lipinski definition) is 2. The van der Waals surface area contributed by atoms with Crippen LogP contribution in [0.2, 0.25) is 0 Å². The lowest BCUT2D eigenvalue weighted by molar-refractivity contribution is -0.0245. The van der Waals surface area contributed by atoms with Crippen LogP contribution in [0.5, 0.6) is 0 Å². The van der Waals surface area contributed by atoms with Gasteiger partial charge >= 0.3 is 0 Å². The first kappa shape index (κ1) is 14.8. The molecule has 0 atom stereocenters. The Balaban J connectivity index is 1.46. The predicted molar refractivity (Wildman–Crippen MR) is 82.2 cm³/mol. The summed E-state index contributed by atoms with van der Waals surface area (Å²) in [5.74, 6) is 3.25. The van der Waals surface area contributed by atoms with E-state index in [9.17, 15) is 0 Å². The van der Waals surface area contributed by atoms with Crippen molar-refractivity contribution < 1.29 is 4.74 Å². The van der Waals surface area contributed by atoms with E-state index in [2.05, 4.69) is 27.0 Å². The lowest BCUT2D eigenvalue weighted by atomic mass is 9.80. The number of aromatic nitrogens is 3. The van der Waals surface area contributed by atoms with Gasteiger partial charge < -0.3 is 15.4 Å². The molecule has 118 valence electrons. The van der Waals surface area contributed by atoms with Gasteiger partial charge in [0.25, 0.3) is 0 Å². The van der Waals surface area contributed by atoms with Crippen LogP contribution in [-0.4, -0.2) is 47.5 Å². The van der Waals surface area contributed by atoms with E-state index in [1.165, 1.54) is 0 Å². The second kappa shape index (κ2) is 6.75. The van der Waals surface area contributed by atoms with Crippen LogP contribution < -0.4 is 10.6 Å². The number of H-pyrrole nitrogens is 1. The van der Waals surface area contributed by atoms with Gasteiger partial charge in [0.1, 0.15) is 5.82 Å². The van der Waals surface area contributed by atoms with E-state index in [0.29, 0.717) is 17.9 Å². The van der Waals surface area contributed by atoms with Gasteiger partial charge in [-0.1, -0.05) is 0 Å². The van der Waals surface area contributed by atoms with Crippen molar-refractivity contribution in [2.45, 2.75) is 45.1 Å². The molecule has 1 aliphatic heterocycles. The molecule has 3 N–H and O–H groups in total. The fraction of sp³-hybridized carbons (Fsp3) is 0.867. The highest BCUT2D eigenvalue weighted by Gasteiger charge is 2.30. The maximum absolute atomic E-state index is 5.73. The van der Waals surface area contributed by atoms with Crippen molar-refractivity contribution in [3.63, 3.8) is 0 Å². The van der Waals surface area contributed by atoms with Crippen molar-refractivity contribution in [2.75, 3.05) is 31.1 Å². The molecule has 21 heavy (non-hydrogen) atoms. The monoisotopic (exact) mass is 293 g/mol. The number of aromatic amines is 1. The fourth-order valence-electron chi connectivity index (χ4n) is 3.37. The van der Waals surface area contributed by atoms with E-state index >= 15 is 0 Å². The Labute approximate surface area is 126 Å². The summed E-state index contributed by atoms with van der Waals surface area (Å²) < 4.78 is 5.60. The van der Waals surface area contributed by atoms with Crippen LogP contribution in [0.15, 0.2) is 0 Å². The number of anilines is 1. The third-order valence-electron chi connectivity index (χ3n) is 4.83. The molecule has 1 saturated heterocycles. The number of piperidine rings is 1. The maximum atomic E-state index is 5.73. The van der Waals surface area contributed by atoms with E-state index in [1.54, 1.807) is 0 Å². The summed E-state index contributed by atoms with van der Waals surface area (Å²) in [6.45, 7) is 5.73. The molecule has 1 aromatic heterocycles. The molecule has 1 aliphatic carbocycles. The standard InChI is InChI=1S/C15H27N5O/c1-2-21-13-7-12(8-13)9-14-17-15(19-18-14)20-5-3-11(10-16)4-6-20/h11-13H,2-10,16H2,1H3,(H,17,18,19). The summed E-state index contributed by atoms with van der Waals surface area (Å²) in [6, 6.07) is 0. The van der Waals surface area contributed by atoms with Gasteiger partial charge in [-0.25, -0.2) is 0 Å². The molecule has 1 saturated carbocycles. The Kier molecular flexibility index (Phi) is 4.75. The van der Waals surface area contributed by atoms with Crippen molar-refractivity contribution in [2.24, 2.45) is 17.6 Å². The number of ether oxygens (including phenoxy) is 1. The van der Waals surface area contributed by atoms with Crippen LogP contribution in [0, 0.1) is 11.8 Å². The van der Waals surface area contributed by atoms with Gasteiger partial charge in [0.05, 0.1) is 6.10 Å². The second-order valence-electron chi connectivity index (χ2n) is 6.37. The van der Waals surface area contributed by atoms with Crippen molar-refractivity contribution >= 4 is 5.95 Å². The molecular weight excluding hydrogens is 266 g/mol. The van der Waals surface area contributed by atoms with E-state index in [-0.39, 0.29) is 0 Å².